The van der Waals surface area contributed by atoms with E-state index in [0.717, 1.165) is 22.4 Å². The lowest BCUT2D eigenvalue weighted by atomic mass is 9.82. The number of nitrogens with zero attached hydrogens (tertiary/aromatic N) is 3. The lowest BCUT2D eigenvalue weighted by Crippen LogP contribution is -2.53. The van der Waals surface area contributed by atoms with Gasteiger partial charge in [0.25, 0.3) is 0 Å². The summed E-state index contributed by atoms with van der Waals surface area (Å²) < 4.78 is 20.8. The Morgan fingerprint density at radius 3 is 1.63 bits per heavy atom. The zero-order valence-corrected chi connectivity index (χ0v) is 26.8. The Balaban J connectivity index is 1.81. The predicted octanol–water partition coefficient (Wildman–Crippen LogP) is 5.45. The summed E-state index contributed by atoms with van der Waals surface area (Å²) in [5.74, 6) is -0.202. The highest BCUT2D eigenvalue weighted by molar-refractivity contribution is 5.76. The Bertz CT molecular complexity index is 1370. The number of nitrogens with one attached hydrogen (secondary N) is 3. The molecule has 14 nitrogen and oxygen atoms in total. The topological polar surface area (TPSA) is 164 Å². The molecule has 4 atom stereocenters. The quantitative estimate of drug-likeness (QED) is 0.184. The van der Waals surface area contributed by atoms with E-state index >= 15 is 0 Å². The number of carbonyl (C=O) groups is 4. The van der Waals surface area contributed by atoms with E-state index in [0.29, 0.717) is 18.7 Å². The fourth-order valence-corrected chi connectivity index (χ4v) is 5.83. The van der Waals surface area contributed by atoms with Crippen LogP contribution in [0.25, 0.3) is 11.4 Å². The van der Waals surface area contributed by atoms with Crippen molar-refractivity contribution in [3.63, 3.8) is 0 Å². The molecule has 14 heteroatoms. The number of H-pyrrole nitrogens is 1. The van der Waals surface area contributed by atoms with E-state index in [2.05, 4.69) is 20.8 Å². The number of aromatic nitrogens is 2. The van der Waals surface area contributed by atoms with Crippen molar-refractivity contribution in [1.29, 1.82) is 0 Å². The van der Waals surface area contributed by atoms with Gasteiger partial charge in [-0.2, -0.15) is 0 Å². The molecule has 46 heavy (non-hydrogen) atoms. The van der Waals surface area contributed by atoms with Crippen LogP contribution in [0, 0.1) is 6.92 Å². The number of hydrogen-bond acceptors (Lipinski definition) is 9. The lowest BCUT2D eigenvalue weighted by Gasteiger charge is -2.34. The van der Waals surface area contributed by atoms with E-state index in [1.165, 1.54) is 10.0 Å². The molecular formula is C32H42N6O8. The number of carbonyl (C=O) groups excluding carboxylic acids is 4. The molecule has 3 unspecified atom stereocenters. The lowest BCUT2D eigenvalue weighted by molar-refractivity contribution is 0.0538. The molecule has 0 bridgehead atoms. The number of aryl methyl sites for hydroxylation is 1. The van der Waals surface area contributed by atoms with E-state index in [4.69, 9.17) is 18.9 Å². The molecule has 0 aliphatic heterocycles. The standard InChI is InChI=1S/C32H42N6O8/c1-6-43-29(39)35-37(31(41)45-8-3)25-17-11-13-21(25)23-15-10-16-24(27(23)28-33-19-20(5)34-28)22-14-12-18-26(22)38(32(42)46-9-4)36-30(40)44-7-2/h10-16,19,21-22,25-26H,6-9,17-18H2,1-5H3,(H,33,34)(H,35,39)(H,36,40)/t21-,22?,25?,26?/m0/s1. The van der Waals surface area contributed by atoms with Crippen molar-refractivity contribution in [3.8, 4) is 11.4 Å². The first-order chi connectivity index (χ1) is 22.2. The van der Waals surface area contributed by atoms with Gasteiger partial charge in [0, 0.05) is 29.3 Å². The maximum absolute atomic E-state index is 13.1. The minimum absolute atomic E-state index is 0.114. The Hall–Kier alpha value is -5.01. The summed E-state index contributed by atoms with van der Waals surface area (Å²) in [7, 11) is 0. The van der Waals surface area contributed by atoms with Crippen LogP contribution in [-0.4, -0.2) is 82.9 Å². The van der Waals surface area contributed by atoms with Gasteiger partial charge in [0.05, 0.1) is 38.5 Å². The number of amides is 4. The van der Waals surface area contributed by atoms with Crippen LogP contribution in [0.5, 0.6) is 0 Å². The van der Waals surface area contributed by atoms with Crippen LogP contribution < -0.4 is 10.9 Å². The minimum atomic E-state index is -0.774. The Kier molecular flexibility index (Phi) is 11.7. The average Bonchev–Trinajstić information content (AvgIpc) is 3.80. The monoisotopic (exact) mass is 638 g/mol. The van der Waals surface area contributed by atoms with Gasteiger partial charge in [-0.25, -0.2) is 45.0 Å². The van der Waals surface area contributed by atoms with Crippen LogP contribution in [-0.2, 0) is 18.9 Å². The molecule has 248 valence electrons. The fraction of sp³-hybridized carbons (Fsp3) is 0.469. The summed E-state index contributed by atoms with van der Waals surface area (Å²) in [6.45, 7) is 9.10. The number of rotatable bonds is 9. The summed E-state index contributed by atoms with van der Waals surface area (Å²) in [6.07, 6.45) is 7.47. The third kappa shape index (κ3) is 7.61. The zero-order valence-electron chi connectivity index (χ0n) is 26.8. The van der Waals surface area contributed by atoms with E-state index in [9.17, 15) is 19.2 Å². The van der Waals surface area contributed by atoms with E-state index < -0.39 is 48.3 Å². The van der Waals surface area contributed by atoms with Gasteiger partial charge in [0.1, 0.15) is 5.82 Å². The van der Waals surface area contributed by atoms with E-state index in [1.54, 1.807) is 33.9 Å². The predicted molar refractivity (Wildman–Crippen MR) is 167 cm³/mol. The van der Waals surface area contributed by atoms with E-state index in [1.807, 2.05) is 49.4 Å². The highest BCUT2D eigenvalue weighted by atomic mass is 16.6. The SMILES string of the molecule is CCOC(=O)NN(C(=O)OCC)C1CC=CC1c1cccc([C@@H]2C=CCC2N(NC(=O)OCC)C(=O)OCC)c1-c1ncc(C)[nH]1. The highest BCUT2D eigenvalue weighted by Crippen LogP contribution is 2.44. The number of imidazole rings is 1. The molecule has 1 aromatic heterocycles. The number of hydrazine groups is 2. The second kappa shape index (κ2) is 15.8. The molecule has 3 N–H and O–H groups in total. The van der Waals surface area contributed by atoms with Crippen LogP contribution in [0.1, 0.15) is 69.2 Å². The summed E-state index contributed by atoms with van der Waals surface area (Å²) in [6, 6.07) is 4.70. The van der Waals surface area contributed by atoms with Gasteiger partial charge in [-0.15, -0.1) is 0 Å². The molecule has 1 aromatic carbocycles. The second-order valence-electron chi connectivity index (χ2n) is 10.5. The van der Waals surface area contributed by atoms with Crippen LogP contribution in [0.4, 0.5) is 19.2 Å². The Labute approximate surface area is 268 Å². The molecule has 2 aliphatic carbocycles. The molecule has 2 aromatic rings. The van der Waals surface area contributed by atoms with Crippen molar-refractivity contribution in [1.82, 2.24) is 30.8 Å². The average molecular weight is 639 g/mol. The third-order valence-corrected chi connectivity index (χ3v) is 7.62. The van der Waals surface area contributed by atoms with Gasteiger partial charge in [-0.05, 0) is 58.6 Å². The Morgan fingerprint density at radius 1 is 0.783 bits per heavy atom. The van der Waals surface area contributed by atoms with E-state index in [-0.39, 0.29) is 26.4 Å². The smallest absolute Gasteiger partial charge is 0.429 e. The molecule has 4 amide bonds. The van der Waals surface area contributed by atoms with Gasteiger partial charge in [0.2, 0.25) is 0 Å². The molecule has 4 rings (SSSR count). The van der Waals surface area contributed by atoms with Crippen LogP contribution >= 0.6 is 0 Å². The van der Waals surface area contributed by atoms with Crippen molar-refractivity contribution in [3.05, 3.63) is 65.5 Å². The number of benzene rings is 1. The van der Waals surface area contributed by atoms with Crippen molar-refractivity contribution in [2.75, 3.05) is 26.4 Å². The summed E-state index contributed by atoms with van der Waals surface area (Å²) in [5, 5.41) is 2.36. The molecule has 1 heterocycles. The number of aromatic amines is 1. The van der Waals surface area contributed by atoms with Crippen molar-refractivity contribution >= 4 is 24.4 Å². The maximum Gasteiger partial charge on any atom is 0.429 e. The summed E-state index contributed by atoms with van der Waals surface area (Å²) >= 11 is 0. The fourth-order valence-electron chi connectivity index (χ4n) is 5.83. The minimum Gasteiger partial charge on any atom is -0.449 e. The second-order valence-corrected chi connectivity index (χ2v) is 10.5. The summed E-state index contributed by atoms with van der Waals surface area (Å²) in [5.41, 5.74) is 8.38. The van der Waals surface area contributed by atoms with Gasteiger partial charge in [0.15, 0.2) is 0 Å². The zero-order chi connectivity index (χ0) is 33.2. The molecule has 0 fully saturated rings. The first kappa shape index (κ1) is 33.9. The van der Waals surface area contributed by atoms with Gasteiger partial charge in [-0.1, -0.05) is 42.5 Å². The van der Waals surface area contributed by atoms with Gasteiger partial charge in [-0.3, -0.25) is 0 Å². The third-order valence-electron chi connectivity index (χ3n) is 7.62. The Morgan fingerprint density at radius 2 is 1.24 bits per heavy atom. The highest BCUT2D eigenvalue weighted by Gasteiger charge is 2.40. The van der Waals surface area contributed by atoms with Crippen LogP contribution in [0.3, 0.4) is 0 Å². The van der Waals surface area contributed by atoms with Crippen LogP contribution in [0.15, 0.2) is 48.7 Å². The van der Waals surface area contributed by atoms with Gasteiger partial charge < -0.3 is 23.9 Å². The number of hydrogen-bond donors (Lipinski definition) is 3. The maximum atomic E-state index is 13.1. The molecule has 0 saturated heterocycles. The molecule has 0 radical (unpaired) electrons. The normalized spacial score (nSPS) is 19.8. The molecule has 0 spiro atoms. The molecule has 2 aliphatic rings. The first-order valence-corrected chi connectivity index (χ1v) is 15.5. The molecular weight excluding hydrogens is 596 g/mol. The largest absolute Gasteiger partial charge is 0.449 e. The summed E-state index contributed by atoms with van der Waals surface area (Å²) in [4.78, 5) is 59.3. The van der Waals surface area contributed by atoms with Crippen molar-refractivity contribution in [2.45, 2.75) is 71.4 Å². The first-order valence-electron chi connectivity index (χ1n) is 15.5. The van der Waals surface area contributed by atoms with Crippen molar-refractivity contribution < 1.29 is 38.1 Å². The van der Waals surface area contributed by atoms with Crippen molar-refractivity contribution in [2.24, 2.45) is 0 Å². The number of ether oxygens (including phenoxy) is 4. The van der Waals surface area contributed by atoms with Crippen LogP contribution in [0.2, 0.25) is 0 Å². The van der Waals surface area contributed by atoms with Gasteiger partial charge >= 0.3 is 24.4 Å². The molecule has 0 saturated carbocycles.